The van der Waals surface area contributed by atoms with Crippen LogP contribution in [0.25, 0.3) is 0 Å². The molecule has 2 heteroatoms. The molecule has 1 amide bonds. The summed E-state index contributed by atoms with van der Waals surface area (Å²) in [4.78, 5) is 12.5. The van der Waals surface area contributed by atoms with Crippen LogP contribution < -0.4 is 5.32 Å². The van der Waals surface area contributed by atoms with E-state index in [0.29, 0.717) is 6.42 Å². The largest absolute Gasteiger partial charge is 0.349 e. The Hall–Kier alpha value is -2.09. The van der Waals surface area contributed by atoms with Gasteiger partial charge in [-0.25, -0.2) is 0 Å². The number of hydrogen-bond donors (Lipinski definition) is 1. The molecule has 0 fully saturated rings. The summed E-state index contributed by atoms with van der Waals surface area (Å²) in [5, 5.41) is 3.24. The monoisotopic (exact) mass is 349 g/mol. The Bertz CT molecular complexity index is 732. The van der Waals surface area contributed by atoms with Gasteiger partial charge in [-0.15, -0.1) is 0 Å². The fourth-order valence-corrected chi connectivity index (χ4v) is 3.86. The number of fused-ring (bicyclic) bond motifs is 1. The van der Waals surface area contributed by atoms with E-state index in [1.807, 2.05) is 0 Å². The summed E-state index contributed by atoms with van der Waals surface area (Å²) in [6, 6.07) is 15.5. The Kier molecular flexibility index (Phi) is 6.49. The van der Waals surface area contributed by atoms with Crippen molar-refractivity contribution < 1.29 is 4.79 Å². The van der Waals surface area contributed by atoms with Crippen LogP contribution in [0, 0.1) is 0 Å². The van der Waals surface area contributed by atoms with Crippen molar-refractivity contribution in [3.8, 4) is 0 Å². The normalized spacial score (nSPS) is 14.5. The molecule has 1 aliphatic rings. The predicted octanol–water partition coefficient (Wildman–Crippen LogP) is 5.33. The molecule has 1 unspecified atom stereocenters. The molecule has 0 radical (unpaired) electrons. The SMILES string of the molecule is CCc1ccc(CCC(=O)NC(CC)c2ccc3c(c2)CCCC3)cc1. The lowest BCUT2D eigenvalue weighted by Gasteiger charge is -2.21. The molecular weight excluding hydrogens is 318 g/mol. The van der Waals surface area contributed by atoms with E-state index in [1.165, 1.54) is 53.5 Å². The van der Waals surface area contributed by atoms with Crippen LogP contribution in [0.15, 0.2) is 42.5 Å². The van der Waals surface area contributed by atoms with E-state index in [-0.39, 0.29) is 11.9 Å². The van der Waals surface area contributed by atoms with E-state index in [0.717, 1.165) is 19.3 Å². The highest BCUT2D eigenvalue weighted by atomic mass is 16.1. The first-order valence-electron chi connectivity index (χ1n) is 10.2. The lowest BCUT2D eigenvalue weighted by molar-refractivity contribution is -0.121. The highest BCUT2D eigenvalue weighted by molar-refractivity contribution is 5.76. The number of carbonyl (C=O) groups excluding carboxylic acids is 1. The van der Waals surface area contributed by atoms with Gasteiger partial charge in [0.2, 0.25) is 5.91 Å². The first-order valence-corrected chi connectivity index (χ1v) is 10.2. The third-order valence-corrected chi connectivity index (χ3v) is 5.59. The molecule has 2 aromatic rings. The van der Waals surface area contributed by atoms with E-state index in [2.05, 4.69) is 61.6 Å². The van der Waals surface area contributed by atoms with Gasteiger partial charge in [-0.3, -0.25) is 4.79 Å². The highest BCUT2D eigenvalue weighted by Gasteiger charge is 2.16. The number of carbonyl (C=O) groups is 1. The molecule has 0 spiro atoms. The molecule has 1 atom stereocenters. The van der Waals surface area contributed by atoms with Crippen LogP contribution in [-0.2, 0) is 30.5 Å². The topological polar surface area (TPSA) is 29.1 Å². The van der Waals surface area contributed by atoms with Crippen molar-refractivity contribution in [3.05, 3.63) is 70.3 Å². The third-order valence-electron chi connectivity index (χ3n) is 5.59. The van der Waals surface area contributed by atoms with Crippen LogP contribution in [0.2, 0.25) is 0 Å². The fourth-order valence-electron chi connectivity index (χ4n) is 3.86. The van der Waals surface area contributed by atoms with Gasteiger partial charge in [-0.05, 0) is 72.8 Å². The second-order valence-electron chi connectivity index (χ2n) is 7.43. The summed E-state index contributed by atoms with van der Waals surface area (Å²) in [5.74, 6) is 0.147. The van der Waals surface area contributed by atoms with Crippen molar-refractivity contribution in [2.75, 3.05) is 0 Å². The van der Waals surface area contributed by atoms with Gasteiger partial charge in [0.05, 0.1) is 6.04 Å². The molecule has 0 saturated carbocycles. The average molecular weight is 350 g/mol. The third kappa shape index (κ3) is 4.75. The fraction of sp³-hybridized carbons (Fsp3) is 0.458. The summed E-state index contributed by atoms with van der Waals surface area (Å²) in [5.41, 5.74) is 6.82. The van der Waals surface area contributed by atoms with E-state index in [1.54, 1.807) is 0 Å². The number of amides is 1. The molecule has 2 nitrogen and oxygen atoms in total. The first-order chi connectivity index (χ1) is 12.7. The zero-order valence-electron chi connectivity index (χ0n) is 16.2. The van der Waals surface area contributed by atoms with Crippen LogP contribution in [0.4, 0.5) is 0 Å². The molecule has 0 aromatic heterocycles. The Morgan fingerprint density at radius 1 is 0.962 bits per heavy atom. The Balaban J connectivity index is 1.57. The molecule has 0 saturated heterocycles. The smallest absolute Gasteiger partial charge is 0.220 e. The highest BCUT2D eigenvalue weighted by Crippen LogP contribution is 2.26. The van der Waals surface area contributed by atoms with Crippen LogP contribution >= 0.6 is 0 Å². The molecule has 1 N–H and O–H groups in total. The summed E-state index contributed by atoms with van der Waals surface area (Å²) >= 11 is 0. The van der Waals surface area contributed by atoms with Gasteiger partial charge < -0.3 is 5.32 Å². The standard InChI is InChI=1S/C24H31NO/c1-3-18-9-11-19(12-10-18)13-16-24(26)25-23(4-2)22-15-14-20-7-5-6-8-21(20)17-22/h9-12,14-15,17,23H,3-8,13,16H2,1-2H3,(H,25,26). The Morgan fingerprint density at radius 3 is 2.35 bits per heavy atom. The minimum Gasteiger partial charge on any atom is -0.349 e. The lowest BCUT2D eigenvalue weighted by atomic mass is 9.88. The van der Waals surface area contributed by atoms with Crippen molar-refractivity contribution in [1.29, 1.82) is 0 Å². The summed E-state index contributed by atoms with van der Waals surface area (Å²) in [6.45, 7) is 4.31. The van der Waals surface area contributed by atoms with Crippen LogP contribution in [-0.4, -0.2) is 5.91 Å². The average Bonchev–Trinajstić information content (AvgIpc) is 2.70. The van der Waals surface area contributed by atoms with Crippen molar-refractivity contribution in [2.45, 2.75) is 71.3 Å². The van der Waals surface area contributed by atoms with Crippen LogP contribution in [0.1, 0.15) is 73.4 Å². The van der Waals surface area contributed by atoms with Gasteiger partial charge in [0.15, 0.2) is 0 Å². The van der Waals surface area contributed by atoms with Gasteiger partial charge in [-0.2, -0.15) is 0 Å². The molecular formula is C24H31NO. The quantitative estimate of drug-likeness (QED) is 0.719. The van der Waals surface area contributed by atoms with Crippen LogP contribution in [0.5, 0.6) is 0 Å². The number of hydrogen-bond acceptors (Lipinski definition) is 1. The molecule has 1 aliphatic carbocycles. The summed E-state index contributed by atoms with van der Waals surface area (Å²) < 4.78 is 0. The number of benzene rings is 2. The number of nitrogens with one attached hydrogen (secondary N) is 1. The molecule has 3 rings (SSSR count). The molecule has 0 aliphatic heterocycles. The van der Waals surface area contributed by atoms with Gasteiger partial charge in [0.1, 0.15) is 0 Å². The minimum absolute atomic E-state index is 0.122. The summed E-state index contributed by atoms with van der Waals surface area (Å²) in [6.07, 6.45) is 8.31. The molecule has 0 bridgehead atoms. The molecule has 26 heavy (non-hydrogen) atoms. The van der Waals surface area contributed by atoms with Gasteiger partial charge in [0.25, 0.3) is 0 Å². The van der Waals surface area contributed by atoms with Crippen molar-refractivity contribution in [1.82, 2.24) is 5.32 Å². The lowest BCUT2D eigenvalue weighted by Crippen LogP contribution is -2.28. The molecule has 2 aromatic carbocycles. The van der Waals surface area contributed by atoms with Crippen molar-refractivity contribution in [2.24, 2.45) is 0 Å². The maximum Gasteiger partial charge on any atom is 0.220 e. The minimum atomic E-state index is 0.122. The Morgan fingerprint density at radius 2 is 1.65 bits per heavy atom. The van der Waals surface area contributed by atoms with E-state index >= 15 is 0 Å². The zero-order chi connectivity index (χ0) is 18.4. The molecule has 138 valence electrons. The first kappa shape index (κ1) is 18.7. The number of rotatable bonds is 7. The molecule has 0 heterocycles. The van der Waals surface area contributed by atoms with Gasteiger partial charge in [0, 0.05) is 6.42 Å². The number of aryl methyl sites for hydroxylation is 4. The van der Waals surface area contributed by atoms with Gasteiger partial charge in [-0.1, -0.05) is 56.3 Å². The van der Waals surface area contributed by atoms with E-state index in [4.69, 9.17) is 0 Å². The maximum atomic E-state index is 12.5. The van der Waals surface area contributed by atoms with E-state index < -0.39 is 0 Å². The maximum absolute atomic E-state index is 12.5. The van der Waals surface area contributed by atoms with Crippen molar-refractivity contribution >= 4 is 5.91 Å². The van der Waals surface area contributed by atoms with Crippen LogP contribution in [0.3, 0.4) is 0 Å². The van der Waals surface area contributed by atoms with Crippen molar-refractivity contribution in [3.63, 3.8) is 0 Å². The summed E-state index contributed by atoms with van der Waals surface area (Å²) in [7, 11) is 0. The Labute approximate surface area is 158 Å². The van der Waals surface area contributed by atoms with Gasteiger partial charge >= 0.3 is 0 Å². The predicted molar refractivity (Wildman–Crippen MR) is 108 cm³/mol. The van der Waals surface area contributed by atoms with E-state index in [9.17, 15) is 4.79 Å². The zero-order valence-corrected chi connectivity index (χ0v) is 16.2. The second kappa shape index (κ2) is 9.02. The second-order valence-corrected chi connectivity index (χ2v) is 7.43.